The van der Waals surface area contributed by atoms with Crippen LogP contribution in [0, 0.1) is 5.92 Å². The van der Waals surface area contributed by atoms with E-state index >= 15 is 0 Å². The maximum atomic E-state index is 12.5. The van der Waals surface area contributed by atoms with Crippen molar-refractivity contribution >= 4 is 17.4 Å². The first-order chi connectivity index (χ1) is 11.1. The van der Waals surface area contributed by atoms with Gasteiger partial charge < -0.3 is 16.0 Å². The van der Waals surface area contributed by atoms with Crippen molar-refractivity contribution in [1.29, 1.82) is 0 Å². The molecule has 23 heavy (non-hydrogen) atoms. The molecular weight excluding hydrogens is 288 g/mol. The van der Waals surface area contributed by atoms with Crippen molar-refractivity contribution in [2.75, 3.05) is 23.3 Å². The molecule has 5 nitrogen and oxygen atoms in total. The van der Waals surface area contributed by atoms with E-state index in [1.165, 1.54) is 19.3 Å². The molecule has 1 aromatic rings. The molecule has 2 fully saturated rings. The van der Waals surface area contributed by atoms with Gasteiger partial charge in [-0.1, -0.05) is 12.8 Å². The molecule has 0 bridgehead atoms. The number of nitrogens with two attached hydrogens (primary N) is 1. The van der Waals surface area contributed by atoms with E-state index in [4.69, 9.17) is 5.73 Å². The lowest BCUT2D eigenvalue weighted by atomic mass is 9.74. The first-order valence-electron chi connectivity index (χ1n) is 8.87. The minimum atomic E-state index is -0.399. The highest BCUT2D eigenvalue weighted by Crippen LogP contribution is 2.32. The molecule has 2 heterocycles. The van der Waals surface area contributed by atoms with Crippen LogP contribution in [-0.2, 0) is 4.79 Å². The molecule has 0 aromatic carbocycles. The number of nitrogens with one attached hydrogen (secondary N) is 1. The molecule has 1 aliphatic heterocycles. The molecule has 2 unspecified atom stereocenters. The van der Waals surface area contributed by atoms with E-state index in [-0.39, 0.29) is 11.8 Å². The lowest BCUT2D eigenvalue weighted by Crippen LogP contribution is -2.51. The highest BCUT2D eigenvalue weighted by atomic mass is 16.2. The van der Waals surface area contributed by atoms with Crippen molar-refractivity contribution in [2.24, 2.45) is 11.7 Å². The molecule has 1 saturated heterocycles. The summed E-state index contributed by atoms with van der Waals surface area (Å²) in [7, 11) is 0. The van der Waals surface area contributed by atoms with Crippen LogP contribution in [0.15, 0.2) is 18.3 Å². The summed E-state index contributed by atoms with van der Waals surface area (Å²) >= 11 is 0. The molecule has 0 radical (unpaired) electrons. The number of piperidine rings is 1. The van der Waals surface area contributed by atoms with E-state index in [1.807, 2.05) is 19.1 Å². The van der Waals surface area contributed by atoms with Gasteiger partial charge in [-0.3, -0.25) is 4.79 Å². The number of carbonyl (C=O) groups excluding carboxylic acids is 1. The molecular formula is C18H28N4O. The van der Waals surface area contributed by atoms with Crippen molar-refractivity contribution in [1.82, 2.24) is 4.98 Å². The van der Waals surface area contributed by atoms with E-state index < -0.39 is 5.54 Å². The van der Waals surface area contributed by atoms with Gasteiger partial charge in [-0.25, -0.2) is 4.98 Å². The van der Waals surface area contributed by atoms with Crippen LogP contribution >= 0.6 is 0 Å². The Hall–Kier alpha value is -1.62. The third-order valence-electron chi connectivity index (χ3n) is 5.27. The number of amides is 1. The van der Waals surface area contributed by atoms with Crippen molar-refractivity contribution in [3.8, 4) is 0 Å². The first kappa shape index (κ1) is 16.2. The number of aromatic nitrogens is 1. The van der Waals surface area contributed by atoms with E-state index in [1.54, 1.807) is 6.20 Å². The number of hydrogen-bond acceptors (Lipinski definition) is 4. The minimum absolute atomic E-state index is 0.0298. The molecule has 0 spiro atoms. The Bertz CT molecular complexity index is 534. The van der Waals surface area contributed by atoms with E-state index in [0.29, 0.717) is 0 Å². The standard InChI is InChI=1S/C18H28N4O/c1-18(19)10-4-3-7-15(18)17(23)21-14-8-9-16(20-13-14)22-11-5-2-6-12-22/h8-9,13,15H,2-7,10-12,19H2,1H3,(H,21,23). The highest BCUT2D eigenvalue weighted by molar-refractivity contribution is 5.93. The second kappa shape index (κ2) is 6.87. The van der Waals surface area contributed by atoms with Crippen LogP contribution in [0.2, 0.25) is 0 Å². The topological polar surface area (TPSA) is 71.2 Å². The molecule has 3 N–H and O–H groups in total. The second-order valence-corrected chi connectivity index (χ2v) is 7.25. The lowest BCUT2D eigenvalue weighted by Gasteiger charge is -2.37. The van der Waals surface area contributed by atoms with Crippen LogP contribution in [0.5, 0.6) is 0 Å². The zero-order chi connectivity index (χ0) is 16.3. The molecule has 1 aliphatic carbocycles. The van der Waals surface area contributed by atoms with Gasteiger partial charge in [0.25, 0.3) is 0 Å². The quantitative estimate of drug-likeness (QED) is 0.899. The number of carbonyl (C=O) groups is 1. The molecule has 126 valence electrons. The Kier molecular flexibility index (Phi) is 4.85. The number of anilines is 2. The summed E-state index contributed by atoms with van der Waals surface area (Å²) in [6.45, 7) is 4.15. The number of nitrogens with zero attached hydrogens (tertiary/aromatic N) is 2. The summed E-state index contributed by atoms with van der Waals surface area (Å²) in [6, 6.07) is 3.95. The Morgan fingerprint density at radius 2 is 2.04 bits per heavy atom. The normalized spacial score (nSPS) is 28.4. The van der Waals surface area contributed by atoms with Gasteiger partial charge in [0.15, 0.2) is 0 Å². The molecule has 3 rings (SSSR count). The fourth-order valence-electron chi connectivity index (χ4n) is 3.79. The van der Waals surface area contributed by atoms with Gasteiger partial charge in [-0.05, 0) is 51.2 Å². The third-order valence-corrected chi connectivity index (χ3v) is 5.27. The minimum Gasteiger partial charge on any atom is -0.357 e. The largest absolute Gasteiger partial charge is 0.357 e. The van der Waals surface area contributed by atoms with E-state index in [0.717, 1.165) is 50.3 Å². The Morgan fingerprint density at radius 3 is 2.70 bits per heavy atom. The van der Waals surface area contributed by atoms with Crippen LogP contribution in [0.3, 0.4) is 0 Å². The fraction of sp³-hybridized carbons (Fsp3) is 0.667. The predicted octanol–water partition coefficient (Wildman–Crippen LogP) is 2.92. The van der Waals surface area contributed by atoms with Crippen molar-refractivity contribution in [2.45, 2.75) is 57.4 Å². The molecule has 2 aliphatic rings. The van der Waals surface area contributed by atoms with Gasteiger partial charge in [0, 0.05) is 18.6 Å². The maximum absolute atomic E-state index is 12.5. The van der Waals surface area contributed by atoms with E-state index in [9.17, 15) is 4.79 Å². The molecule has 1 aromatic heterocycles. The fourth-order valence-corrected chi connectivity index (χ4v) is 3.79. The average molecular weight is 316 g/mol. The van der Waals surface area contributed by atoms with Gasteiger partial charge in [-0.15, -0.1) is 0 Å². The SMILES string of the molecule is CC1(N)CCCCC1C(=O)Nc1ccc(N2CCCCC2)nc1. The zero-order valence-corrected chi connectivity index (χ0v) is 14.1. The Balaban J connectivity index is 1.62. The van der Waals surface area contributed by atoms with Crippen molar-refractivity contribution in [3.05, 3.63) is 18.3 Å². The summed E-state index contributed by atoms with van der Waals surface area (Å²) < 4.78 is 0. The summed E-state index contributed by atoms with van der Waals surface area (Å²) in [5.41, 5.74) is 6.68. The summed E-state index contributed by atoms with van der Waals surface area (Å²) in [5.74, 6) is 0.921. The van der Waals surface area contributed by atoms with Crippen LogP contribution in [0.1, 0.15) is 51.9 Å². The molecule has 2 atom stereocenters. The van der Waals surface area contributed by atoms with Crippen LogP contribution in [0.4, 0.5) is 11.5 Å². The summed E-state index contributed by atoms with van der Waals surface area (Å²) in [6.07, 6.45) is 9.52. The molecule has 5 heteroatoms. The number of pyridine rings is 1. The van der Waals surface area contributed by atoms with Gasteiger partial charge in [0.05, 0.1) is 17.8 Å². The van der Waals surface area contributed by atoms with Crippen LogP contribution in [-0.4, -0.2) is 29.5 Å². The Labute approximate surface area is 138 Å². The zero-order valence-electron chi connectivity index (χ0n) is 14.1. The second-order valence-electron chi connectivity index (χ2n) is 7.25. The van der Waals surface area contributed by atoms with Gasteiger partial charge in [0.2, 0.25) is 5.91 Å². The summed E-state index contributed by atoms with van der Waals surface area (Å²) in [5, 5.41) is 3.00. The van der Waals surface area contributed by atoms with Crippen LogP contribution in [0.25, 0.3) is 0 Å². The average Bonchev–Trinajstić information content (AvgIpc) is 2.56. The Morgan fingerprint density at radius 1 is 1.26 bits per heavy atom. The van der Waals surface area contributed by atoms with Gasteiger partial charge in [0.1, 0.15) is 5.82 Å². The number of hydrogen-bond donors (Lipinski definition) is 2. The predicted molar refractivity (Wildman–Crippen MR) is 93.5 cm³/mol. The molecule has 1 amide bonds. The van der Waals surface area contributed by atoms with Gasteiger partial charge in [-0.2, -0.15) is 0 Å². The smallest absolute Gasteiger partial charge is 0.229 e. The third kappa shape index (κ3) is 3.83. The number of rotatable bonds is 3. The molecule has 1 saturated carbocycles. The monoisotopic (exact) mass is 316 g/mol. The lowest BCUT2D eigenvalue weighted by molar-refractivity contribution is -0.122. The highest BCUT2D eigenvalue weighted by Gasteiger charge is 2.37. The summed E-state index contributed by atoms with van der Waals surface area (Å²) in [4.78, 5) is 19.4. The van der Waals surface area contributed by atoms with Gasteiger partial charge >= 0.3 is 0 Å². The van der Waals surface area contributed by atoms with Crippen molar-refractivity contribution in [3.63, 3.8) is 0 Å². The van der Waals surface area contributed by atoms with Crippen LogP contribution < -0.4 is 16.0 Å². The first-order valence-corrected chi connectivity index (χ1v) is 8.87. The van der Waals surface area contributed by atoms with Crippen molar-refractivity contribution < 1.29 is 4.79 Å². The maximum Gasteiger partial charge on any atom is 0.229 e. The van der Waals surface area contributed by atoms with E-state index in [2.05, 4.69) is 15.2 Å².